The van der Waals surface area contributed by atoms with E-state index in [-0.39, 0.29) is 24.2 Å². The molecule has 3 aromatic rings. The number of carbonyl (C=O) groups excluding carboxylic acids is 2. The molecular formula is C28H25FIN3O4S. The average Bonchev–Trinajstić information content (AvgIpc) is 3.19. The molecule has 0 radical (unpaired) electrons. The Morgan fingerprint density at radius 1 is 1.11 bits per heavy atom. The molecule has 1 saturated heterocycles. The largest absolute Gasteiger partial charge is 0.490 e. The highest BCUT2D eigenvalue weighted by atomic mass is 127. The summed E-state index contributed by atoms with van der Waals surface area (Å²) in [4.78, 5) is 32.1. The number of thioether (sulfide) groups is 1. The third-order valence-corrected chi connectivity index (χ3v) is 7.10. The first-order chi connectivity index (χ1) is 18.4. The van der Waals surface area contributed by atoms with Crippen molar-refractivity contribution in [1.82, 2.24) is 4.90 Å². The number of amides is 2. The Kier molecular flexibility index (Phi) is 9.40. The quantitative estimate of drug-likeness (QED) is 0.213. The van der Waals surface area contributed by atoms with Gasteiger partial charge in [0, 0.05) is 12.2 Å². The van der Waals surface area contributed by atoms with Crippen molar-refractivity contribution in [3.63, 3.8) is 0 Å². The van der Waals surface area contributed by atoms with Crippen molar-refractivity contribution < 1.29 is 23.5 Å². The lowest BCUT2D eigenvalue weighted by atomic mass is 10.2. The normalized spacial score (nSPS) is 15.3. The molecule has 0 bridgehead atoms. The molecule has 3 aromatic carbocycles. The topological polar surface area (TPSA) is 80.2 Å². The Bertz CT molecular complexity index is 1380. The van der Waals surface area contributed by atoms with Gasteiger partial charge in [0.1, 0.15) is 5.82 Å². The third kappa shape index (κ3) is 6.93. The average molecular weight is 645 g/mol. The second-order valence-corrected chi connectivity index (χ2v) is 10.2. The lowest BCUT2D eigenvalue weighted by Crippen LogP contribution is -2.28. The lowest BCUT2D eigenvalue weighted by molar-refractivity contribution is -0.122. The number of carbonyl (C=O) groups is 2. The van der Waals surface area contributed by atoms with Crippen LogP contribution in [-0.2, 0) is 9.59 Å². The summed E-state index contributed by atoms with van der Waals surface area (Å²) in [5.41, 5.74) is 1.99. The second-order valence-electron chi connectivity index (χ2n) is 8.00. The molecule has 1 fully saturated rings. The number of ether oxygens (including phenoxy) is 2. The number of halogens is 2. The number of hydrogen-bond acceptors (Lipinski definition) is 6. The molecule has 0 aliphatic carbocycles. The summed E-state index contributed by atoms with van der Waals surface area (Å²) in [7, 11) is 0. The molecule has 0 saturated carbocycles. The van der Waals surface area contributed by atoms with Crippen molar-refractivity contribution >= 4 is 68.8 Å². The minimum atomic E-state index is -0.346. The summed E-state index contributed by atoms with van der Waals surface area (Å²) < 4.78 is 25.6. The smallest absolute Gasteiger partial charge is 0.266 e. The van der Waals surface area contributed by atoms with Crippen LogP contribution >= 0.6 is 34.4 Å². The fourth-order valence-corrected chi connectivity index (χ4v) is 5.42. The number of anilines is 1. The lowest BCUT2D eigenvalue weighted by Gasteiger charge is -2.15. The molecule has 196 valence electrons. The minimum Gasteiger partial charge on any atom is -0.490 e. The molecule has 1 heterocycles. The molecule has 0 aromatic heterocycles. The van der Waals surface area contributed by atoms with Gasteiger partial charge in [-0.1, -0.05) is 18.2 Å². The standard InChI is InChI=1S/C28H25FIN3O4S/c1-3-33-27(35)24(38-28(33)32-21-12-10-19(29)11-13-21)16-18-14-22(30)26(23(15-18)36-4-2)37-17-25(34)31-20-8-6-5-7-9-20/h5-16H,3-4,17H2,1-2H3,(H,31,34)/b24-16+,32-28?. The van der Waals surface area contributed by atoms with Crippen molar-refractivity contribution in [2.24, 2.45) is 4.99 Å². The predicted octanol–water partition coefficient (Wildman–Crippen LogP) is 6.47. The second kappa shape index (κ2) is 12.9. The highest BCUT2D eigenvalue weighted by Crippen LogP contribution is 2.38. The molecule has 38 heavy (non-hydrogen) atoms. The van der Waals surface area contributed by atoms with Crippen LogP contribution in [0.5, 0.6) is 11.5 Å². The Balaban J connectivity index is 1.54. The van der Waals surface area contributed by atoms with Gasteiger partial charge in [-0.05, 0) is 108 Å². The summed E-state index contributed by atoms with van der Waals surface area (Å²) in [5.74, 6) is 0.130. The van der Waals surface area contributed by atoms with Crippen LogP contribution < -0.4 is 14.8 Å². The van der Waals surface area contributed by atoms with E-state index in [0.29, 0.717) is 46.1 Å². The molecule has 2 amide bonds. The molecule has 7 nitrogen and oxygen atoms in total. The van der Waals surface area contributed by atoms with Crippen LogP contribution in [0.2, 0.25) is 0 Å². The van der Waals surface area contributed by atoms with E-state index in [4.69, 9.17) is 9.47 Å². The summed E-state index contributed by atoms with van der Waals surface area (Å²) in [6.45, 7) is 4.39. The van der Waals surface area contributed by atoms with Gasteiger partial charge in [0.05, 0.1) is 20.8 Å². The van der Waals surface area contributed by atoms with Crippen LogP contribution in [0.25, 0.3) is 6.08 Å². The number of para-hydroxylation sites is 1. The van der Waals surface area contributed by atoms with Crippen LogP contribution in [0.1, 0.15) is 19.4 Å². The first-order valence-electron chi connectivity index (χ1n) is 11.9. The van der Waals surface area contributed by atoms with Crippen molar-refractivity contribution in [3.8, 4) is 11.5 Å². The Morgan fingerprint density at radius 2 is 1.84 bits per heavy atom. The zero-order valence-corrected chi connectivity index (χ0v) is 23.7. The van der Waals surface area contributed by atoms with Crippen LogP contribution in [0, 0.1) is 9.39 Å². The van der Waals surface area contributed by atoms with Gasteiger partial charge in [-0.2, -0.15) is 0 Å². The number of rotatable bonds is 9. The number of hydrogen-bond donors (Lipinski definition) is 1. The van der Waals surface area contributed by atoms with Crippen LogP contribution in [0.4, 0.5) is 15.8 Å². The van der Waals surface area contributed by atoms with Gasteiger partial charge in [-0.3, -0.25) is 14.5 Å². The SMILES string of the molecule is CCOc1cc(/C=C2/SC(=Nc3ccc(F)cc3)N(CC)C2=O)cc(I)c1OCC(=O)Nc1ccccc1. The molecule has 10 heteroatoms. The molecule has 0 spiro atoms. The van der Waals surface area contributed by atoms with E-state index >= 15 is 0 Å². The summed E-state index contributed by atoms with van der Waals surface area (Å²) >= 11 is 3.38. The van der Waals surface area contributed by atoms with E-state index in [2.05, 4.69) is 32.9 Å². The number of nitrogens with one attached hydrogen (secondary N) is 1. The first-order valence-corrected chi connectivity index (χ1v) is 13.8. The van der Waals surface area contributed by atoms with Crippen molar-refractivity contribution in [2.45, 2.75) is 13.8 Å². The monoisotopic (exact) mass is 645 g/mol. The van der Waals surface area contributed by atoms with Crippen LogP contribution in [-0.4, -0.2) is 41.6 Å². The van der Waals surface area contributed by atoms with Gasteiger partial charge in [-0.15, -0.1) is 0 Å². The van der Waals surface area contributed by atoms with E-state index in [1.807, 2.05) is 38.1 Å². The van der Waals surface area contributed by atoms with Gasteiger partial charge >= 0.3 is 0 Å². The Hall–Kier alpha value is -3.38. The number of benzene rings is 3. The van der Waals surface area contributed by atoms with E-state index in [1.165, 1.54) is 23.9 Å². The van der Waals surface area contributed by atoms with Gasteiger partial charge in [-0.25, -0.2) is 9.38 Å². The maximum absolute atomic E-state index is 13.3. The molecular weight excluding hydrogens is 620 g/mol. The third-order valence-electron chi connectivity index (χ3n) is 5.29. The Labute approximate surface area is 238 Å². The van der Waals surface area contributed by atoms with Crippen molar-refractivity contribution in [1.29, 1.82) is 0 Å². The molecule has 1 N–H and O–H groups in total. The summed E-state index contributed by atoms with van der Waals surface area (Å²) in [5, 5.41) is 3.32. The van der Waals surface area contributed by atoms with Gasteiger partial charge < -0.3 is 14.8 Å². The molecule has 0 atom stereocenters. The summed E-state index contributed by atoms with van der Waals surface area (Å²) in [6.07, 6.45) is 1.78. The van der Waals surface area contributed by atoms with Crippen LogP contribution in [0.15, 0.2) is 76.6 Å². The Morgan fingerprint density at radius 3 is 2.53 bits per heavy atom. The van der Waals surface area contributed by atoms with Gasteiger partial charge in [0.15, 0.2) is 23.3 Å². The van der Waals surface area contributed by atoms with Crippen molar-refractivity contribution in [3.05, 3.63) is 86.6 Å². The van der Waals surface area contributed by atoms with Gasteiger partial charge in [0.25, 0.3) is 11.8 Å². The fraction of sp³-hybridized carbons (Fsp3) is 0.179. The summed E-state index contributed by atoms with van der Waals surface area (Å²) in [6, 6.07) is 18.6. The number of aliphatic imine (C=N–C) groups is 1. The van der Waals surface area contributed by atoms with E-state index in [9.17, 15) is 14.0 Å². The van der Waals surface area contributed by atoms with Crippen molar-refractivity contribution in [2.75, 3.05) is 25.1 Å². The molecule has 1 aliphatic rings. The molecule has 0 unspecified atom stereocenters. The predicted molar refractivity (Wildman–Crippen MR) is 157 cm³/mol. The minimum absolute atomic E-state index is 0.163. The molecule has 4 rings (SSSR count). The highest BCUT2D eigenvalue weighted by Gasteiger charge is 2.32. The number of amidine groups is 1. The van der Waals surface area contributed by atoms with Gasteiger partial charge in [0.2, 0.25) is 0 Å². The highest BCUT2D eigenvalue weighted by molar-refractivity contribution is 14.1. The van der Waals surface area contributed by atoms with E-state index in [0.717, 1.165) is 9.13 Å². The van der Waals surface area contributed by atoms with Crippen LogP contribution in [0.3, 0.4) is 0 Å². The number of nitrogens with zero attached hydrogens (tertiary/aromatic N) is 2. The zero-order chi connectivity index (χ0) is 27.1. The maximum atomic E-state index is 13.3. The first kappa shape index (κ1) is 27.6. The maximum Gasteiger partial charge on any atom is 0.266 e. The zero-order valence-electron chi connectivity index (χ0n) is 20.7. The fourth-order valence-electron chi connectivity index (χ4n) is 3.58. The van der Waals surface area contributed by atoms with E-state index < -0.39 is 0 Å². The van der Waals surface area contributed by atoms with E-state index in [1.54, 1.807) is 41.3 Å². The molecule has 1 aliphatic heterocycles. The number of likely N-dealkylation sites (N-methyl/N-ethyl adjacent to an activating group) is 1.